The predicted molar refractivity (Wildman–Crippen MR) is 82.5 cm³/mol. The van der Waals surface area contributed by atoms with Crippen molar-refractivity contribution in [3.05, 3.63) is 58.9 Å². The molecule has 0 fully saturated rings. The van der Waals surface area contributed by atoms with Crippen LogP contribution in [0.3, 0.4) is 0 Å². The fourth-order valence-electron chi connectivity index (χ4n) is 1.62. The molecule has 20 heavy (non-hydrogen) atoms. The number of nitrogens with one attached hydrogen (secondary N) is 1. The summed E-state index contributed by atoms with van der Waals surface area (Å²) >= 11 is 5.94. The van der Waals surface area contributed by atoms with Gasteiger partial charge in [-0.05, 0) is 42.3 Å². The average molecular weight is 288 g/mol. The van der Waals surface area contributed by atoms with Crippen molar-refractivity contribution in [2.24, 2.45) is 0 Å². The molecule has 0 bridgehead atoms. The number of carbonyl (C=O) groups is 1. The summed E-state index contributed by atoms with van der Waals surface area (Å²) in [7, 11) is 0. The van der Waals surface area contributed by atoms with Gasteiger partial charge in [0.1, 0.15) is 0 Å². The highest BCUT2D eigenvalue weighted by Gasteiger charge is 2.06. The van der Waals surface area contributed by atoms with Crippen LogP contribution in [0, 0.1) is 6.92 Å². The van der Waals surface area contributed by atoms with Crippen molar-refractivity contribution < 1.29 is 4.79 Å². The Morgan fingerprint density at radius 2 is 2.00 bits per heavy atom. The van der Waals surface area contributed by atoms with Crippen LogP contribution >= 0.6 is 11.6 Å². The van der Waals surface area contributed by atoms with Crippen LogP contribution in [-0.4, -0.2) is 10.9 Å². The number of amides is 1. The van der Waals surface area contributed by atoms with E-state index in [4.69, 9.17) is 17.3 Å². The van der Waals surface area contributed by atoms with Gasteiger partial charge in [0.25, 0.3) is 0 Å². The molecule has 0 saturated carbocycles. The summed E-state index contributed by atoms with van der Waals surface area (Å²) in [6.45, 7) is 1.85. The molecule has 0 saturated heterocycles. The molecule has 2 rings (SSSR count). The van der Waals surface area contributed by atoms with Gasteiger partial charge in [0.05, 0.1) is 5.69 Å². The SMILES string of the molecule is Cc1ccnc(Cl)c1NC(=O)/C=C/c1ccc(N)cc1. The van der Waals surface area contributed by atoms with E-state index >= 15 is 0 Å². The maximum atomic E-state index is 11.8. The molecule has 0 radical (unpaired) electrons. The zero-order chi connectivity index (χ0) is 14.5. The molecule has 3 N–H and O–H groups in total. The van der Waals surface area contributed by atoms with Crippen LogP contribution in [0.2, 0.25) is 5.15 Å². The summed E-state index contributed by atoms with van der Waals surface area (Å²) in [5.41, 5.74) is 8.56. The Hall–Kier alpha value is -2.33. The van der Waals surface area contributed by atoms with Crippen LogP contribution in [0.1, 0.15) is 11.1 Å². The molecule has 4 nitrogen and oxygen atoms in total. The number of carbonyl (C=O) groups excluding carboxylic acids is 1. The third-order valence-corrected chi connectivity index (χ3v) is 3.01. The smallest absolute Gasteiger partial charge is 0.248 e. The van der Waals surface area contributed by atoms with E-state index in [0.717, 1.165) is 11.1 Å². The topological polar surface area (TPSA) is 68.0 Å². The summed E-state index contributed by atoms with van der Waals surface area (Å²) in [6, 6.07) is 9.01. The van der Waals surface area contributed by atoms with Gasteiger partial charge in [-0.2, -0.15) is 0 Å². The van der Waals surface area contributed by atoms with E-state index in [1.807, 2.05) is 19.1 Å². The number of anilines is 2. The minimum Gasteiger partial charge on any atom is -0.399 e. The van der Waals surface area contributed by atoms with Crippen LogP contribution in [0.15, 0.2) is 42.6 Å². The van der Waals surface area contributed by atoms with Gasteiger partial charge >= 0.3 is 0 Å². The lowest BCUT2D eigenvalue weighted by Gasteiger charge is -2.07. The van der Waals surface area contributed by atoms with Crippen molar-refractivity contribution in [2.45, 2.75) is 6.92 Å². The van der Waals surface area contributed by atoms with Gasteiger partial charge in [0.2, 0.25) is 5.91 Å². The van der Waals surface area contributed by atoms with Crippen LogP contribution in [0.4, 0.5) is 11.4 Å². The molecule has 0 aliphatic heterocycles. The lowest BCUT2D eigenvalue weighted by atomic mass is 10.2. The molecule has 0 atom stereocenters. The highest BCUT2D eigenvalue weighted by molar-refractivity contribution is 6.32. The number of aromatic nitrogens is 1. The van der Waals surface area contributed by atoms with Gasteiger partial charge < -0.3 is 11.1 Å². The molecule has 0 aliphatic rings. The van der Waals surface area contributed by atoms with Crippen LogP contribution in [0.5, 0.6) is 0 Å². The molecule has 0 unspecified atom stereocenters. The lowest BCUT2D eigenvalue weighted by Crippen LogP contribution is -2.09. The summed E-state index contributed by atoms with van der Waals surface area (Å²) in [6.07, 6.45) is 4.74. The van der Waals surface area contributed by atoms with E-state index in [-0.39, 0.29) is 11.1 Å². The number of aryl methyl sites for hydroxylation is 1. The quantitative estimate of drug-likeness (QED) is 0.517. The summed E-state index contributed by atoms with van der Waals surface area (Å²) < 4.78 is 0. The summed E-state index contributed by atoms with van der Waals surface area (Å²) in [5, 5.41) is 2.99. The summed E-state index contributed by atoms with van der Waals surface area (Å²) in [5.74, 6) is -0.264. The molecule has 1 amide bonds. The Morgan fingerprint density at radius 1 is 1.30 bits per heavy atom. The van der Waals surface area contributed by atoms with Crippen molar-refractivity contribution in [1.82, 2.24) is 4.98 Å². The van der Waals surface area contributed by atoms with E-state index in [2.05, 4.69) is 10.3 Å². The number of benzene rings is 1. The van der Waals surface area contributed by atoms with Crippen LogP contribution in [-0.2, 0) is 4.79 Å². The minimum atomic E-state index is -0.264. The molecular weight excluding hydrogens is 274 g/mol. The Bertz CT molecular complexity index is 630. The molecule has 0 spiro atoms. The number of hydrogen-bond acceptors (Lipinski definition) is 3. The van der Waals surface area contributed by atoms with E-state index in [1.165, 1.54) is 6.08 Å². The predicted octanol–water partition coefficient (Wildman–Crippen LogP) is 3.28. The van der Waals surface area contributed by atoms with Crippen LogP contribution in [0.25, 0.3) is 6.08 Å². The first-order chi connectivity index (χ1) is 9.56. The van der Waals surface area contributed by atoms with Crippen molar-refractivity contribution in [1.29, 1.82) is 0 Å². The van der Waals surface area contributed by atoms with Gasteiger partial charge in [0.15, 0.2) is 5.15 Å². The minimum absolute atomic E-state index is 0.264. The standard InChI is InChI=1S/C15H14ClN3O/c1-10-8-9-18-15(16)14(10)19-13(20)7-4-11-2-5-12(17)6-3-11/h2-9H,17H2,1H3,(H,19,20)/b7-4+. The van der Waals surface area contributed by atoms with Crippen molar-refractivity contribution in [2.75, 3.05) is 11.1 Å². The van der Waals surface area contributed by atoms with Crippen molar-refractivity contribution in [3.8, 4) is 0 Å². The number of nitrogen functional groups attached to an aromatic ring is 1. The molecule has 1 aromatic carbocycles. The zero-order valence-electron chi connectivity index (χ0n) is 10.9. The highest BCUT2D eigenvalue weighted by Crippen LogP contribution is 2.22. The molecule has 102 valence electrons. The van der Waals surface area contributed by atoms with E-state index < -0.39 is 0 Å². The Balaban J connectivity index is 2.07. The van der Waals surface area contributed by atoms with Gasteiger partial charge in [-0.25, -0.2) is 4.98 Å². The fourth-order valence-corrected chi connectivity index (χ4v) is 1.87. The highest BCUT2D eigenvalue weighted by atomic mass is 35.5. The van der Waals surface area contributed by atoms with E-state index in [1.54, 1.807) is 30.5 Å². The molecule has 0 aliphatic carbocycles. The molecule has 5 heteroatoms. The van der Waals surface area contributed by atoms with Gasteiger partial charge in [-0.3, -0.25) is 4.79 Å². The first-order valence-corrected chi connectivity index (χ1v) is 6.40. The van der Waals surface area contributed by atoms with Gasteiger partial charge in [-0.15, -0.1) is 0 Å². The number of halogens is 1. The third-order valence-electron chi connectivity index (χ3n) is 2.72. The number of pyridine rings is 1. The van der Waals surface area contributed by atoms with Crippen molar-refractivity contribution >= 4 is 35.0 Å². The zero-order valence-corrected chi connectivity index (χ0v) is 11.7. The second kappa shape index (κ2) is 6.21. The molecular formula is C15H14ClN3O. The van der Waals surface area contributed by atoms with E-state index in [9.17, 15) is 4.79 Å². The maximum Gasteiger partial charge on any atom is 0.248 e. The first kappa shape index (κ1) is 14.1. The molecule has 1 heterocycles. The van der Waals surface area contributed by atoms with Gasteiger partial charge in [0, 0.05) is 18.0 Å². The monoisotopic (exact) mass is 287 g/mol. The number of hydrogen-bond donors (Lipinski definition) is 2. The second-order valence-electron chi connectivity index (χ2n) is 4.28. The maximum absolute atomic E-state index is 11.8. The number of nitrogens with two attached hydrogens (primary N) is 1. The Kier molecular flexibility index (Phi) is 4.38. The number of rotatable bonds is 3. The Morgan fingerprint density at radius 3 is 2.65 bits per heavy atom. The lowest BCUT2D eigenvalue weighted by molar-refractivity contribution is -0.111. The fraction of sp³-hybridized carbons (Fsp3) is 0.0667. The first-order valence-electron chi connectivity index (χ1n) is 6.02. The number of nitrogens with zero attached hydrogens (tertiary/aromatic N) is 1. The third kappa shape index (κ3) is 3.59. The second-order valence-corrected chi connectivity index (χ2v) is 4.64. The van der Waals surface area contributed by atoms with Gasteiger partial charge in [-0.1, -0.05) is 23.7 Å². The molecule has 1 aromatic heterocycles. The largest absolute Gasteiger partial charge is 0.399 e. The average Bonchev–Trinajstić information content (AvgIpc) is 2.42. The normalized spacial score (nSPS) is 10.7. The summed E-state index contributed by atoms with van der Waals surface area (Å²) in [4.78, 5) is 15.8. The van der Waals surface area contributed by atoms with Crippen molar-refractivity contribution in [3.63, 3.8) is 0 Å². The van der Waals surface area contributed by atoms with E-state index in [0.29, 0.717) is 11.4 Å². The van der Waals surface area contributed by atoms with Crippen LogP contribution < -0.4 is 11.1 Å². The molecule has 2 aromatic rings. The Labute approximate surface area is 122 Å².